The van der Waals surface area contributed by atoms with E-state index in [1.807, 2.05) is 38.2 Å². The van der Waals surface area contributed by atoms with Crippen molar-refractivity contribution in [2.75, 3.05) is 0 Å². The molecule has 0 fully saturated rings. The second-order valence-electron chi connectivity index (χ2n) is 14.6. The molecule has 49 heavy (non-hydrogen) atoms. The highest BCUT2D eigenvalue weighted by molar-refractivity contribution is 7.26. The Morgan fingerprint density at radius 1 is 0.469 bits per heavy atom. The molecule has 0 aliphatic rings. The first-order valence-electron chi connectivity index (χ1n) is 18.9. The van der Waals surface area contributed by atoms with Crippen molar-refractivity contribution in [2.45, 2.75) is 26.2 Å². The van der Waals surface area contributed by atoms with Crippen molar-refractivity contribution >= 4 is 108 Å². The summed E-state index contributed by atoms with van der Waals surface area (Å²) < 4.78 is 43.6. The molecule has 0 aliphatic carbocycles. The maximum atomic E-state index is 9.16. The van der Waals surface area contributed by atoms with E-state index in [0.717, 1.165) is 16.4 Å². The first kappa shape index (κ1) is 22.8. The molecule has 2 nitrogen and oxygen atoms in total. The molecule has 0 N–H and O–H groups in total. The van der Waals surface area contributed by atoms with Crippen molar-refractivity contribution < 1.29 is 5.48 Å². The highest BCUT2D eigenvalue weighted by Crippen LogP contribution is 2.49. The predicted octanol–water partition coefficient (Wildman–Crippen LogP) is 13.3. The van der Waals surface area contributed by atoms with Crippen molar-refractivity contribution in [1.82, 2.24) is 8.80 Å². The van der Waals surface area contributed by atoms with E-state index in [9.17, 15) is 0 Å². The second kappa shape index (κ2) is 8.68. The van der Waals surface area contributed by atoms with Gasteiger partial charge in [0.1, 0.15) is 0 Å². The van der Waals surface area contributed by atoms with Crippen LogP contribution in [0.4, 0.5) is 0 Å². The van der Waals surface area contributed by atoms with E-state index in [1.54, 1.807) is 0 Å². The number of rotatable bonds is 1. The summed E-state index contributed by atoms with van der Waals surface area (Å²) in [4.78, 5) is 0. The fourth-order valence-electron chi connectivity index (χ4n) is 8.73. The maximum absolute atomic E-state index is 9.16. The quantitative estimate of drug-likeness (QED) is 0.168. The lowest BCUT2D eigenvalue weighted by molar-refractivity contribution is 0.590. The number of nitrogens with zero attached hydrogens (tertiary/aromatic N) is 2. The third-order valence-corrected chi connectivity index (χ3v) is 12.0. The Morgan fingerprint density at radius 2 is 1.12 bits per heavy atom. The topological polar surface area (TPSA) is 8.82 Å². The molecule has 0 unspecified atom stereocenters. The van der Waals surface area contributed by atoms with Crippen LogP contribution >= 0.6 is 11.3 Å². The predicted molar refractivity (Wildman–Crippen MR) is 213 cm³/mol. The molecule has 12 aromatic rings. The first-order valence-corrected chi connectivity index (χ1v) is 17.7. The maximum Gasteiger partial charge on any atom is 0.0629 e. The Hall–Kier alpha value is -5.64. The van der Waals surface area contributed by atoms with Crippen LogP contribution in [0, 0.1) is 0 Å². The summed E-state index contributed by atoms with van der Waals surface area (Å²) in [5, 5.41) is 12.2. The molecule has 12 rings (SSSR count). The van der Waals surface area contributed by atoms with Gasteiger partial charge in [0, 0.05) is 63.3 Å². The second-order valence-corrected chi connectivity index (χ2v) is 15.7. The van der Waals surface area contributed by atoms with Crippen LogP contribution in [-0.4, -0.2) is 8.80 Å². The molecule has 5 aromatic heterocycles. The first-order chi connectivity index (χ1) is 25.6. The average Bonchev–Trinajstić information content (AvgIpc) is 3.93. The largest absolute Gasteiger partial charge is 0.308 e. The number of hydrogen-bond donors (Lipinski definition) is 0. The van der Waals surface area contributed by atoms with E-state index in [4.69, 9.17) is 5.48 Å². The summed E-state index contributed by atoms with van der Waals surface area (Å²) in [5.74, 6) is 0. The van der Waals surface area contributed by atoms with Crippen LogP contribution in [-0.2, 0) is 5.41 Å². The van der Waals surface area contributed by atoms with Gasteiger partial charge in [0.15, 0.2) is 0 Å². The fraction of sp³-hybridized carbons (Fsp3) is 0.0870. The van der Waals surface area contributed by atoms with Crippen LogP contribution in [0.3, 0.4) is 0 Å². The smallest absolute Gasteiger partial charge is 0.0629 e. The minimum Gasteiger partial charge on any atom is -0.308 e. The third kappa shape index (κ3) is 3.18. The highest BCUT2D eigenvalue weighted by Gasteiger charge is 2.25. The van der Waals surface area contributed by atoms with Gasteiger partial charge < -0.3 is 8.80 Å². The number of fused-ring (bicyclic) bond motifs is 16. The number of para-hydroxylation sites is 2. The fourth-order valence-corrected chi connectivity index (χ4v) is 9.88. The van der Waals surface area contributed by atoms with Gasteiger partial charge in [0.25, 0.3) is 0 Å². The van der Waals surface area contributed by atoms with Gasteiger partial charge in [-0.05, 0) is 58.5 Å². The SMILES string of the molecule is [2H]c1c([2H])c(C(C)(C)C)c([2H])c([2H])c1-c1ccc2c3c4c(cc5c6cc7c(cc6n(c2c1)c53)c1cccc2c3ccccc3n7c21)sc1ccccc14. The Bertz CT molecular complexity index is 3570. The number of benzene rings is 7. The summed E-state index contributed by atoms with van der Waals surface area (Å²) in [6.45, 7) is 5.83. The normalized spacial score (nSPS) is 14.3. The molecule has 3 heteroatoms. The molecule has 0 amide bonds. The lowest BCUT2D eigenvalue weighted by Gasteiger charge is -2.19. The Balaban J connectivity index is 1.28. The van der Waals surface area contributed by atoms with Crippen LogP contribution < -0.4 is 0 Å². The van der Waals surface area contributed by atoms with Crippen molar-refractivity contribution in [2.24, 2.45) is 0 Å². The van der Waals surface area contributed by atoms with Gasteiger partial charge in [0.05, 0.1) is 38.6 Å². The van der Waals surface area contributed by atoms with Crippen LogP contribution in [0.15, 0.2) is 127 Å². The van der Waals surface area contributed by atoms with Crippen molar-refractivity contribution in [3.05, 3.63) is 133 Å². The Kier molecular flexibility index (Phi) is 4.05. The zero-order valence-electron chi connectivity index (χ0n) is 31.1. The van der Waals surface area contributed by atoms with Gasteiger partial charge >= 0.3 is 0 Å². The number of aromatic nitrogens is 2. The monoisotopic (exact) mass is 646 g/mol. The van der Waals surface area contributed by atoms with E-state index >= 15 is 0 Å². The van der Waals surface area contributed by atoms with Gasteiger partial charge in [-0.25, -0.2) is 0 Å². The molecule has 0 bridgehead atoms. The van der Waals surface area contributed by atoms with E-state index in [0.29, 0.717) is 16.7 Å². The minimum atomic E-state index is -0.528. The van der Waals surface area contributed by atoms with E-state index in [1.165, 1.54) is 79.9 Å². The Labute approximate surface area is 291 Å². The molecule has 0 atom stereocenters. The zero-order chi connectivity index (χ0) is 35.8. The van der Waals surface area contributed by atoms with Crippen LogP contribution in [0.2, 0.25) is 0 Å². The summed E-state index contributed by atoms with van der Waals surface area (Å²) >= 11 is 1.83. The van der Waals surface area contributed by atoms with Crippen LogP contribution in [0.1, 0.15) is 31.8 Å². The number of thiophene rings is 1. The highest BCUT2D eigenvalue weighted by atomic mass is 32.1. The van der Waals surface area contributed by atoms with Gasteiger partial charge in [-0.2, -0.15) is 0 Å². The van der Waals surface area contributed by atoms with Crippen molar-refractivity contribution in [3.8, 4) is 11.1 Å². The molecule has 0 radical (unpaired) electrons. The van der Waals surface area contributed by atoms with Crippen molar-refractivity contribution in [1.29, 1.82) is 0 Å². The lowest BCUT2D eigenvalue weighted by Crippen LogP contribution is -2.10. The molecule has 230 valence electrons. The third-order valence-electron chi connectivity index (χ3n) is 10.9. The summed E-state index contributed by atoms with van der Waals surface area (Å²) in [7, 11) is 0. The van der Waals surface area contributed by atoms with Gasteiger partial charge in [-0.1, -0.05) is 112 Å². The molecular weight excluding hydrogens is 613 g/mol. The average molecular weight is 647 g/mol. The molecule has 0 saturated carbocycles. The van der Waals surface area contributed by atoms with Crippen LogP contribution in [0.25, 0.3) is 107 Å². The minimum absolute atomic E-state index is 0.000163. The number of hydrogen-bond acceptors (Lipinski definition) is 1. The Morgan fingerprint density at radius 3 is 1.92 bits per heavy atom. The molecule has 0 aliphatic heterocycles. The van der Waals surface area contributed by atoms with E-state index < -0.39 is 5.41 Å². The summed E-state index contributed by atoms with van der Waals surface area (Å²) in [5.41, 5.74) is 7.88. The molecule has 0 saturated heterocycles. The molecule has 7 aromatic carbocycles. The molecule has 0 spiro atoms. The van der Waals surface area contributed by atoms with Gasteiger partial charge in [0.2, 0.25) is 0 Å². The standard InChI is InChI=1S/C46H30N2S/c1-46(2,3)27-18-15-25(16-19-27)26-17-20-31-37(21-26)48-39-22-33-30-12-8-11-29-28-9-4-6-13-36(28)47(44(29)30)38(33)23-34(39)35-24-41-42(43(31)45(35)48)32-10-5-7-14-40(32)49-41/h4-24H,1-3H3/i15D,16D,18D,19D. The van der Waals surface area contributed by atoms with Crippen molar-refractivity contribution in [3.63, 3.8) is 0 Å². The molecular formula is C46H30N2S. The summed E-state index contributed by atoms with van der Waals surface area (Å²) in [6.07, 6.45) is 0. The zero-order valence-corrected chi connectivity index (χ0v) is 27.9. The van der Waals surface area contributed by atoms with Crippen LogP contribution in [0.5, 0.6) is 0 Å². The van der Waals surface area contributed by atoms with E-state index in [2.05, 4.69) is 106 Å². The van der Waals surface area contributed by atoms with Gasteiger partial charge in [-0.15, -0.1) is 11.3 Å². The van der Waals surface area contributed by atoms with Gasteiger partial charge in [-0.3, -0.25) is 0 Å². The molecule has 5 heterocycles. The summed E-state index contributed by atoms with van der Waals surface area (Å²) in [6, 6.07) is 37.4. The van der Waals surface area contributed by atoms with E-state index in [-0.39, 0.29) is 24.2 Å². The lowest BCUT2D eigenvalue weighted by atomic mass is 9.86.